The highest BCUT2D eigenvalue weighted by atomic mass is 32.2. The molecule has 0 unspecified atom stereocenters. The van der Waals surface area contributed by atoms with Crippen molar-refractivity contribution >= 4 is 22.5 Å². The van der Waals surface area contributed by atoms with E-state index >= 15 is 0 Å². The number of hydrogen-bond donors (Lipinski definition) is 0. The van der Waals surface area contributed by atoms with Crippen LogP contribution in [0, 0.1) is 0 Å². The van der Waals surface area contributed by atoms with Crippen molar-refractivity contribution in [1.29, 1.82) is 0 Å². The highest BCUT2D eigenvalue weighted by Gasteiger charge is 1.97. The molecule has 0 aliphatic heterocycles. The van der Waals surface area contributed by atoms with Gasteiger partial charge >= 0.3 is 0 Å². The summed E-state index contributed by atoms with van der Waals surface area (Å²) in [5, 5.41) is 2.70. The van der Waals surface area contributed by atoms with Gasteiger partial charge < -0.3 is 0 Å². The first kappa shape index (κ1) is 17.4. The number of hydrogen-bond acceptors (Lipinski definition) is 1. The molecule has 0 saturated heterocycles. The molecular formula is C21H30S. The summed E-state index contributed by atoms with van der Waals surface area (Å²) in [6.45, 7) is 2.28. The summed E-state index contributed by atoms with van der Waals surface area (Å²) in [5.41, 5.74) is 0. The topological polar surface area (TPSA) is 0 Å². The predicted molar refractivity (Wildman–Crippen MR) is 102 cm³/mol. The first-order chi connectivity index (χ1) is 10.9. The number of rotatable bonds is 11. The summed E-state index contributed by atoms with van der Waals surface area (Å²) < 4.78 is 0. The number of benzene rings is 2. The Morgan fingerprint density at radius 2 is 1.32 bits per heavy atom. The molecule has 2 aromatic carbocycles. The Morgan fingerprint density at radius 3 is 2.05 bits per heavy atom. The van der Waals surface area contributed by atoms with Crippen LogP contribution < -0.4 is 0 Å². The molecule has 22 heavy (non-hydrogen) atoms. The fourth-order valence-corrected chi connectivity index (χ4v) is 3.82. The van der Waals surface area contributed by atoms with Gasteiger partial charge in [0.25, 0.3) is 0 Å². The monoisotopic (exact) mass is 314 g/mol. The van der Waals surface area contributed by atoms with Gasteiger partial charge in [0.2, 0.25) is 0 Å². The Kier molecular flexibility index (Phi) is 8.48. The first-order valence-electron chi connectivity index (χ1n) is 9.02. The van der Waals surface area contributed by atoms with E-state index in [1.165, 1.54) is 79.2 Å². The molecule has 0 aliphatic rings. The van der Waals surface area contributed by atoms with E-state index in [1.807, 2.05) is 11.8 Å². The predicted octanol–water partition coefficient (Wildman–Crippen LogP) is 7.46. The molecule has 2 aromatic rings. The van der Waals surface area contributed by atoms with Gasteiger partial charge in [0, 0.05) is 4.90 Å². The average Bonchev–Trinajstić information content (AvgIpc) is 2.56. The van der Waals surface area contributed by atoms with E-state index in [9.17, 15) is 0 Å². The molecule has 0 radical (unpaired) electrons. The minimum Gasteiger partial charge on any atom is -0.126 e. The van der Waals surface area contributed by atoms with Gasteiger partial charge in [0.15, 0.2) is 0 Å². The molecular weight excluding hydrogens is 284 g/mol. The van der Waals surface area contributed by atoms with Gasteiger partial charge in [-0.05, 0) is 35.1 Å². The second kappa shape index (κ2) is 10.7. The normalized spacial score (nSPS) is 11.1. The van der Waals surface area contributed by atoms with Crippen LogP contribution in [0.1, 0.15) is 64.7 Å². The van der Waals surface area contributed by atoms with Gasteiger partial charge in [-0.1, -0.05) is 88.6 Å². The summed E-state index contributed by atoms with van der Waals surface area (Å²) in [6, 6.07) is 15.5. The summed E-state index contributed by atoms with van der Waals surface area (Å²) in [7, 11) is 0. The van der Waals surface area contributed by atoms with E-state index in [0.29, 0.717) is 0 Å². The van der Waals surface area contributed by atoms with Crippen LogP contribution in [0.4, 0.5) is 0 Å². The molecule has 0 amide bonds. The summed E-state index contributed by atoms with van der Waals surface area (Å²) >= 11 is 2.01. The second-order valence-electron chi connectivity index (χ2n) is 6.19. The molecule has 0 aromatic heterocycles. The molecule has 0 atom stereocenters. The Hall–Kier alpha value is -0.950. The molecule has 0 heterocycles. The number of thioether (sulfide) groups is 1. The van der Waals surface area contributed by atoms with Crippen LogP contribution in [0.25, 0.3) is 10.8 Å². The SMILES string of the molecule is CCCCCCCCCCCSc1ccc2ccccc2c1. The van der Waals surface area contributed by atoms with Crippen molar-refractivity contribution < 1.29 is 0 Å². The van der Waals surface area contributed by atoms with E-state index in [2.05, 4.69) is 49.4 Å². The highest BCUT2D eigenvalue weighted by molar-refractivity contribution is 7.99. The van der Waals surface area contributed by atoms with Gasteiger partial charge in [0.1, 0.15) is 0 Å². The number of unbranched alkanes of at least 4 members (excludes halogenated alkanes) is 8. The Balaban J connectivity index is 1.54. The molecule has 0 bridgehead atoms. The lowest BCUT2D eigenvalue weighted by atomic mass is 10.1. The van der Waals surface area contributed by atoms with Crippen molar-refractivity contribution in [3.8, 4) is 0 Å². The third-order valence-electron chi connectivity index (χ3n) is 4.24. The van der Waals surface area contributed by atoms with Gasteiger partial charge in [-0.2, -0.15) is 0 Å². The molecule has 0 saturated carbocycles. The van der Waals surface area contributed by atoms with Crippen LogP contribution in [-0.2, 0) is 0 Å². The third-order valence-corrected chi connectivity index (χ3v) is 5.32. The van der Waals surface area contributed by atoms with Crippen molar-refractivity contribution in [2.24, 2.45) is 0 Å². The Labute approximate surface area is 140 Å². The van der Waals surface area contributed by atoms with Crippen molar-refractivity contribution in [2.75, 3.05) is 5.75 Å². The highest BCUT2D eigenvalue weighted by Crippen LogP contribution is 2.24. The molecule has 2 rings (SSSR count). The van der Waals surface area contributed by atoms with Gasteiger partial charge in [-0.25, -0.2) is 0 Å². The molecule has 0 aliphatic carbocycles. The van der Waals surface area contributed by atoms with Crippen LogP contribution >= 0.6 is 11.8 Å². The van der Waals surface area contributed by atoms with Crippen LogP contribution in [0.2, 0.25) is 0 Å². The third kappa shape index (κ3) is 6.44. The maximum Gasteiger partial charge on any atom is 0.00783 e. The Morgan fingerprint density at radius 1 is 0.682 bits per heavy atom. The van der Waals surface area contributed by atoms with E-state index in [4.69, 9.17) is 0 Å². The minimum absolute atomic E-state index is 1.26. The van der Waals surface area contributed by atoms with Crippen LogP contribution in [-0.4, -0.2) is 5.75 Å². The maximum atomic E-state index is 2.33. The quantitative estimate of drug-likeness (QED) is 0.306. The molecule has 0 N–H and O–H groups in total. The molecule has 0 spiro atoms. The maximum absolute atomic E-state index is 2.33. The zero-order valence-corrected chi connectivity index (χ0v) is 14.8. The standard InChI is InChI=1S/C21H30S/c1-2-3-4-5-6-7-8-9-12-17-22-21-16-15-19-13-10-11-14-20(19)18-21/h10-11,13-16,18H,2-9,12,17H2,1H3. The van der Waals surface area contributed by atoms with Crippen molar-refractivity contribution in [3.05, 3.63) is 42.5 Å². The minimum atomic E-state index is 1.26. The zero-order chi connectivity index (χ0) is 15.5. The van der Waals surface area contributed by atoms with E-state index < -0.39 is 0 Å². The largest absolute Gasteiger partial charge is 0.126 e. The van der Waals surface area contributed by atoms with Crippen LogP contribution in [0.3, 0.4) is 0 Å². The average molecular weight is 315 g/mol. The lowest BCUT2D eigenvalue weighted by Crippen LogP contribution is -1.84. The van der Waals surface area contributed by atoms with E-state index in [1.54, 1.807) is 0 Å². The summed E-state index contributed by atoms with van der Waals surface area (Å²) in [4.78, 5) is 1.42. The van der Waals surface area contributed by atoms with E-state index in [0.717, 1.165) is 0 Å². The lowest BCUT2D eigenvalue weighted by molar-refractivity contribution is 0.573. The van der Waals surface area contributed by atoms with Gasteiger partial charge in [-0.3, -0.25) is 0 Å². The van der Waals surface area contributed by atoms with Gasteiger partial charge in [-0.15, -0.1) is 11.8 Å². The van der Waals surface area contributed by atoms with Crippen molar-refractivity contribution in [3.63, 3.8) is 0 Å². The Bertz CT molecular complexity index is 532. The molecule has 0 fully saturated rings. The first-order valence-corrected chi connectivity index (χ1v) is 10.0. The summed E-state index contributed by atoms with van der Waals surface area (Å²) in [6.07, 6.45) is 12.7. The van der Waals surface area contributed by atoms with E-state index in [-0.39, 0.29) is 0 Å². The fourth-order valence-electron chi connectivity index (χ4n) is 2.86. The van der Waals surface area contributed by atoms with Crippen LogP contribution in [0.15, 0.2) is 47.4 Å². The fraction of sp³-hybridized carbons (Fsp3) is 0.524. The van der Waals surface area contributed by atoms with Crippen molar-refractivity contribution in [1.82, 2.24) is 0 Å². The van der Waals surface area contributed by atoms with Crippen molar-refractivity contribution in [2.45, 2.75) is 69.6 Å². The molecule has 120 valence electrons. The second-order valence-corrected chi connectivity index (χ2v) is 7.35. The molecule has 1 heteroatoms. The smallest absolute Gasteiger partial charge is 0.00783 e. The lowest BCUT2D eigenvalue weighted by Gasteiger charge is -2.04. The van der Waals surface area contributed by atoms with Crippen LogP contribution in [0.5, 0.6) is 0 Å². The molecule has 0 nitrogen and oxygen atoms in total. The zero-order valence-electron chi connectivity index (χ0n) is 14.0. The summed E-state index contributed by atoms with van der Waals surface area (Å²) in [5.74, 6) is 1.26. The number of fused-ring (bicyclic) bond motifs is 1. The van der Waals surface area contributed by atoms with Gasteiger partial charge in [0.05, 0.1) is 0 Å².